The largest absolute Gasteiger partial charge is 0.491 e. The predicted octanol–water partition coefficient (Wildman–Crippen LogP) is 2.01. The van der Waals surface area contributed by atoms with Crippen molar-refractivity contribution in [3.8, 4) is 11.5 Å². The second kappa shape index (κ2) is 5.04. The highest BCUT2D eigenvalue weighted by atomic mass is 35.5. The van der Waals surface area contributed by atoms with Gasteiger partial charge >= 0.3 is 0 Å². The van der Waals surface area contributed by atoms with Crippen LogP contribution in [0.5, 0.6) is 11.5 Å². The predicted molar refractivity (Wildman–Crippen MR) is 65.0 cm³/mol. The number of rotatable bonds is 3. The van der Waals surface area contributed by atoms with E-state index in [1.165, 1.54) is 14.2 Å². The van der Waals surface area contributed by atoms with E-state index in [-0.39, 0.29) is 5.11 Å². The highest BCUT2D eigenvalue weighted by Crippen LogP contribution is 2.40. The van der Waals surface area contributed by atoms with Crippen LogP contribution in [-0.4, -0.2) is 19.3 Å². The van der Waals surface area contributed by atoms with Gasteiger partial charge in [0.05, 0.1) is 24.9 Å². The van der Waals surface area contributed by atoms with Crippen molar-refractivity contribution < 1.29 is 9.47 Å². The molecule has 0 aliphatic carbocycles. The second-order valence-electron chi connectivity index (χ2n) is 2.65. The molecule has 0 aliphatic heterocycles. The van der Waals surface area contributed by atoms with Gasteiger partial charge in [-0.1, -0.05) is 11.6 Å². The van der Waals surface area contributed by atoms with E-state index in [0.29, 0.717) is 22.2 Å². The Bertz CT molecular complexity index is 385. The van der Waals surface area contributed by atoms with Crippen molar-refractivity contribution >= 4 is 34.6 Å². The maximum Gasteiger partial charge on any atom is 0.185 e. The number of benzene rings is 1. The van der Waals surface area contributed by atoms with Crippen LogP contribution in [-0.2, 0) is 0 Å². The first-order valence-electron chi connectivity index (χ1n) is 4.07. The van der Waals surface area contributed by atoms with Crippen molar-refractivity contribution in [2.75, 3.05) is 19.5 Å². The zero-order valence-electron chi connectivity index (χ0n) is 8.33. The molecule has 82 valence electrons. The minimum Gasteiger partial charge on any atom is -0.491 e. The summed E-state index contributed by atoms with van der Waals surface area (Å²) in [7, 11) is 3.02. The number of methoxy groups -OCH3 is 2. The first-order chi connectivity index (χ1) is 7.10. The molecule has 0 aliphatic rings. The number of thiocarbonyl (C=S) groups is 1. The van der Waals surface area contributed by atoms with E-state index in [1.807, 2.05) is 0 Å². The summed E-state index contributed by atoms with van der Waals surface area (Å²) in [4.78, 5) is 0. The average Bonchev–Trinajstić information content (AvgIpc) is 2.19. The Morgan fingerprint density at radius 1 is 1.33 bits per heavy atom. The fraction of sp³-hybridized carbons (Fsp3) is 0.222. The molecule has 0 fully saturated rings. The number of anilines is 1. The van der Waals surface area contributed by atoms with Gasteiger partial charge in [-0.25, -0.2) is 0 Å². The van der Waals surface area contributed by atoms with Crippen molar-refractivity contribution in [2.24, 2.45) is 5.73 Å². The SMILES string of the molecule is COc1c(Cl)ccc(NC(N)=S)c1OC. The number of nitrogens with one attached hydrogen (secondary N) is 1. The van der Waals surface area contributed by atoms with Crippen LogP contribution in [0.2, 0.25) is 5.02 Å². The molecule has 0 saturated carbocycles. The number of hydrogen-bond donors (Lipinski definition) is 2. The van der Waals surface area contributed by atoms with Crippen molar-refractivity contribution in [3.63, 3.8) is 0 Å². The molecule has 0 unspecified atom stereocenters. The molecular formula is C9H11ClN2O2S. The van der Waals surface area contributed by atoms with Crippen LogP contribution in [0.4, 0.5) is 5.69 Å². The fourth-order valence-corrected chi connectivity index (χ4v) is 1.50. The molecule has 0 aromatic heterocycles. The van der Waals surface area contributed by atoms with Crippen LogP contribution in [0.25, 0.3) is 0 Å². The molecule has 0 heterocycles. The van der Waals surface area contributed by atoms with Crippen LogP contribution in [0.1, 0.15) is 0 Å². The molecule has 3 N–H and O–H groups in total. The second-order valence-corrected chi connectivity index (χ2v) is 3.50. The summed E-state index contributed by atoms with van der Waals surface area (Å²) in [6.45, 7) is 0. The van der Waals surface area contributed by atoms with Crippen molar-refractivity contribution in [1.82, 2.24) is 0 Å². The highest BCUT2D eigenvalue weighted by molar-refractivity contribution is 7.80. The lowest BCUT2D eigenvalue weighted by Gasteiger charge is -2.14. The lowest BCUT2D eigenvalue weighted by atomic mass is 10.2. The number of halogens is 1. The van der Waals surface area contributed by atoms with E-state index in [0.717, 1.165) is 0 Å². The minimum atomic E-state index is 0.151. The molecule has 6 heteroatoms. The Morgan fingerprint density at radius 3 is 2.40 bits per heavy atom. The first-order valence-corrected chi connectivity index (χ1v) is 4.85. The summed E-state index contributed by atoms with van der Waals surface area (Å²) in [6, 6.07) is 3.38. The molecule has 1 rings (SSSR count). The lowest BCUT2D eigenvalue weighted by molar-refractivity contribution is 0.356. The van der Waals surface area contributed by atoms with Gasteiger partial charge in [-0.2, -0.15) is 0 Å². The molecule has 4 nitrogen and oxygen atoms in total. The van der Waals surface area contributed by atoms with E-state index in [2.05, 4.69) is 5.32 Å². The smallest absolute Gasteiger partial charge is 0.185 e. The van der Waals surface area contributed by atoms with Crippen LogP contribution in [0, 0.1) is 0 Å². The topological polar surface area (TPSA) is 56.5 Å². The first kappa shape index (κ1) is 11.9. The third kappa shape index (κ3) is 2.64. The van der Waals surface area contributed by atoms with Crippen LogP contribution in [0.3, 0.4) is 0 Å². The average molecular weight is 247 g/mol. The van der Waals surface area contributed by atoms with E-state index < -0.39 is 0 Å². The zero-order valence-corrected chi connectivity index (χ0v) is 9.91. The zero-order chi connectivity index (χ0) is 11.4. The van der Waals surface area contributed by atoms with E-state index >= 15 is 0 Å². The molecule has 1 aromatic carbocycles. The Kier molecular flexibility index (Phi) is 3.99. The van der Waals surface area contributed by atoms with Gasteiger partial charge in [-0.15, -0.1) is 0 Å². The number of nitrogens with two attached hydrogens (primary N) is 1. The summed E-state index contributed by atoms with van der Waals surface area (Å²) in [5, 5.41) is 3.38. The molecule has 0 spiro atoms. The summed E-state index contributed by atoms with van der Waals surface area (Å²) >= 11 is 10.7. The summed E-state index contributed by atoms with van der Waals surface area (Å²) in [6.07, 6.45) is 0. The van der Waals surface area contributed by atoms with Gasteiger partial charge in [-0.3, -0.25) is 0 Å². The third-order valence-electron chi connectivity index (χ3n) is 1.73. The van der Waals surface area contributed by atoms with Gasteiger partial charge in [0, 0.05) is 0 Å². The molecule has 15 heavy (non-hydrogen) atoms. The molecule has 0 bridgehead atoms. The van der Waals surface area contributed by atoms with Gasteiger partial charge in [0.25, 0.3) is 0 Å². The van der Waals surface area contributed by atoms with E-state index in [1.54, 1.807) is 12.1 Å². The van der Waals surface area contributed by atoms with Crippen molar-refractivity contribution in [1.29, 1.82) is 0 Å². The molecule has 0 radical (unpaired) electrons. The number of ether oxygens (including phenoxy) is 2. The Morgan fingerprint density at radius 2 is 1.93 bits per heavy atom. The molecule has 1 aromatic rings. The van der Waals surface area contributed by atoms with Gasteiger partial charge in [-0.05, 0) is 24.4 Å². The number of hydrogen-bond acceptors (Lipinski definition) is 3. The molecular weight excluding hydrogens is 236 g/mol. The fourth-order valence-electron chi connectivity index (χ4n) is 1.16. The monoisotopic (exact) mass is 246 g/mol. The lowest BCUT2D eigenvalue weighted by Crippen LogP contribution is -2.19. The van der Waals surface area contributed by atoms with Gasteiger partial charge < -0.3 is 20.5 Å². The summed E-state index contributed by atoms with van der Waals surface area (Å²) in [5.74, 6) is 0.915. The van der Waals surface area contributed by atoms with E-state index in [4.69, 9.17) is 39.0 Å². The molecule has 0 atom stereocenters. The van der Waals surface area contributed by atoms with Gasteiger partial charge in [0.2, 0.25) is 0 Å². The standard InChI is InChI=1S/C9H11ClN2O2S/c1-13-7-5(10)3-4-6(8(7)14-2)12-9(11)15/h3-4H,1-2H3,(H3,11,12,15). The molecule has 0 amide bonds. The quantitative estimate of drug-likeness (QED) is 0.799. The maximum absolute atomic E-state index is 5.92. The van der Waals surface area contributed by atoms with Crippen molar-refractivity contribution in [3.05, 3.63) is 17.2 Å². The highest BCUT2D eigenvalue weighted by Gasteiger charge is 2.13. The van der Waals surface area contributed by atoms with Crippen LogP contribution < -0.4 is 20.5 Å². The minimum absolute atomic E-state index is 0.151. The van der Waals surface area contributed by atoms with E-state index in [9.17, 15) is 0 Å². The van der Waals surface area contributed by atoms with Gasteiger partial charge in [0.15, 0.2) is 16.6 Å². The Hall–Kier alpha value is -1.20. The maximum atomic E-state index is 5.92. The summed E-state index contributed by atoms with van der Waals surface area (Å²) < 4.78 is 10.3. The Labute approximate surface area is 98.3 Å². The van der Waals surface area contributed by atoms with Crippen molar-refractivity contribution in [2.45, 2.75) is 0 Å². The van der Waals surface area contributed by atoms with Crippen LogP contribution in [0.15, 0.2) is 12.1 Å². The van der Waals surface area contributed by atoms with Crippen LogP contribution >= 0.6 is 23.8 Å². The van der Waals surface area contributed by atoms with Gasteiger partial charge in [0.1, 0.15) is 0 Å². The summed E-state index contributed by atoms with van der Waals surface area (Å²) in [5.41, 5.74) is 5.99. The Balaban J connectivity index is 3.22. The normalized spacial score (nSPS) is 9.53. The third-order valence-corrected chi connectivity index (χ3v) is 2.13. The molecule has 0 saturated heterocycles.